The van der Waals surface area contributed by atoms with Gasteiger partial charge in [-0.05, 0) is 30.3 Å². The van der Waals surface area contributed by atoms with Crippen LogP contribution in [0.3, 0.4) is 0 Å². The summed E-state index contributed by atoms with van der Waals surface area (Å²) < 4.78 is 27.4. The number of carbonyl (C=O) groups excluding carboxylic acids is 2. The highest BCUT2D eigenvalue weighted by atomic mass is 32.2. The normalized spacial score (nSPS) is 14.3. The maximum atomic E-state index is 13.0. The lowest BCUT2D eigenvalue weighted by Crippen LogP contribution is -2.41. The molecule has 0 aromatic heterocycles. The number of fused-ring (bicyclic) bond motifs is 1. The van der Waals surface area contributed by atoms with Gasteiger partial charge in [-0.3, -0.25) is 9.59 Å². The predicted molar refractivity (Wildman–Crippen MR) is 124 cm³/mol. The lowest BCUT2D eigenvalue weighted by atomic mass is 10.2. The molecule has 0 atom stereocenters. The standard InChI is InChI=1S/C22H27N3O4S2/c1-4-24(5-2)31(28,29)18-11-12-20-19(15-18)25(21(26)13-14-30-20)16-22(27)23(3)17-9-7-6-8-10-17/h6-12,15H,4-5,13-14,16H2,1-3H3. The molecule has 3 rings (SSSR count). The van der Waals surface area contributed by atoms with Crippen LogP contribution in [0, 0.1) is 0 Å². The summed E-state index contributed by atoms with van der Waals surface area (Å²) in [6.45, 7) is 4.12. The maximum Gasteiger partial charge on any atom is 0.246 e. The van der Waals surface area contributed by atoms with E-state index in [2.05, 4.69) is 0 Å². The minimum absolute atomic E-state index is 0.124. The van der Waals surface area contributed by atoms with Gasteiger partial charge in [0.15, 0.2) is 0 Å². The Hall–Kier alpha value is -2.36. The number of benzene rings is 2. The third-order valence-corrected chi connectivity index (χ3v) is 8.36. The molecule has 0 N–H and O–H groups in total. The molecule has 7 nitrogen and oxygen atoms in total. The van der Waals surface area contributed by atoms with Gasteiger partial charge >= 0.3 is 0 Å². The van der Waals surface area contributed by atoms with Crippen LogP contribution in [0.4, 0.5) is 11.4 Å². The first-order chi connectivity index (χ1) is 14.8. The lowest BCUT2D eigenvalue weighted by molar-refractivity contribution is -0.122. The largest absolute Gasteiger partial charge is 0.314 e. The maximum absolute atomic E-state index is 13.0. The second-order valence-electron chi connectivity index (χ2n) is 7.09. The summed E-state index contributed by atoms with van der Waals surface area (Å²) >= 11 is 1.49. The van der Waals surface area contributed by atoms with E-state index in [0.29, 0.717) is 24.5 Å². The van der Waals surface area contributed by atoms with Gasteiger partial charge in [0.2, 0.25) is 21.8 Å². The minimum Gasteiger partial charge on any atom is -0.314 e. The molecule has 2 aromatic rings. The van der Waals surface area contributed by atoms with Crippen molar-refractivity contribution in [2.24, 2.45) is 0 Å². The molecule has 0 fully saturated rings. The van der Waals surface area contributed by atoms with Crippen LogP contribution >= 0.6 is 11.8 Å². The first-order valence-electron chi connectivity index (χ1n) is 10.2. The molecule has 166 valence electrons. The van der Waals surface area contributed by atoms with Crippen molar-refractivity contribution in [1.29, 1.82) is 0 Å². The number of nitrogens with zero attached hydrogens (tertiary/aromatic N) is 3. The Morgan fingerprint density at radius 1 is 1.10 bits per heavy atom. The number of thioether (sulfide) groups is 1. The Morgan fingerprint density at radius 3 is 2.42 bits per heavy atom. The topological polar surface area (TPSA) is 78.0 Å². The molecule has 0 aliphatic carbocycles. The smallest absolute Gasteiger partial charge is 0.246 e. The van der Waals surface area contributed by atoms with Gasteiger partial charge in [-0.2, -0.15) is 4.31 Å². The molecule has 0 saturated carbocycles. The number of likely N-dealkylation sites (N-methyl/N-ethyl adjacent to an activating group) is 1. The highest BCUT2D eigenvalue weighted by Crippen LogP contribution is 2.36. The van der Waals surface area contributed by atoms with Crippen molar-refractivity contribution < 1.29 is 18.0 Å². The van der Waals surface area contributed by atoms with E-state index >= 15 is 0 Å². The number of anilines is 2. The number of hydrogen-bond acceptors (Lipinski definition) is 5. The Morgan fingerprint density at radius 2 is 1.77 bits per heavy atom. The molecule has 1 aliphatic rings. The average Bonchev–Trinajstić information content (AvgIpc) is 2.92. The van der Waals surface area contributed by atoms with Gasteiger partial charge in [0.1, 0.15) is 6.54 Å². The SMILES string of the molecule is CCN(CC)S(=O)(=O)c1ccc2c(c1)N(CC(=O)N(C)c1ccccc1)C(=O)CCS2. The van der Waals surface area contributed by atoms with Gasteiger partial charge < -0.3 is 9.80 Å². The fourth-order valence-electron chi connectivity index (χ4n) is 3.43. The molecular weight excluding hydrogens is 434 g/mol. The van der Waals surface area contributed by atoms with Crippen LogP contribution in [0.1, 0.15) is 20.3 Å². The van der Waals surface area contributed by atoms with Gasteiger partial charge in [-0.15, -0.1) is 11.8 Å². The highest BCUT2D eigenvalue weighted by molar-refractivity contribution is 7.99. The molecular formula is C22H27N3O4S2. The van der Waals surface area contributed by atoms with Crippen molar-refractivity contribution in [3.05, 3.63) is 48.5 Å². The van der Waals surface area contributed by atoms with E-state index in [9.17, 15) is 18.0 Å². The van der Waals surface area contributed by atoms with Crippen molar-refractivity contribution in [1.82, 2.24) is 4.31 Å². The van der Waals surface area contributed by atoms with E-state index in [1.165, 1.54) is 31.9 Å². The van der Waals surface area contributed by atoms with E-state index < -0.39 is 10.0 Å². The number of para-hydroxylation sites is 1. The van der Waals surface area contributed by atoms with Crippen LogP contribution in [0.2, 0.25) is 0 Å². The first-order valence-corrected chi connectivity index (χ1v) is 12.6. The molecule has 9 heteroatoms. The van der Waals surface area contributed by atoms with Crippen LogP contribution in [0.5, 0.6) is 0 Å². The van der Waals surface area contributed by atoms with Crippen LogP contribution in [-0.2, 0) is 19.6 Å². The summed E-state index contributed by atoms with van der Waals surface area (Å²) in [4.78, 5) is 29.7. The Labute approximate surface area is 188 Å². The molecule has 0 radical (unpaired) electrons. The summed E-state index contributed by atoms with van der Waals surface area (Å²) in [7, 11) is -2.02. The predicted octanol–water partition coefficient (Wildman–Crippen LogP) is 3.21. The molecule has 2 amide bonds. The molecule has 1 aliphatic heterocycles. The van der Waals surface area contributed by atoms with Crippen molar-refractivity contribution >= 4 is 45.0 Å². The molecule has 0 spiro atoms. The molecule has 2 aromatic carbocycles. The summed E-state index contributed by atoms with van der Waals surface area (Å²) in [6, 6.07) is 14.0. The second-order valence-corrected chi connectivity index (χ2v) is 10.2. The third kappa shape index (κ3) is 4.94. The van der Waals surface area contributed by atoms with Crippen LogP contribution in [0.25, 0.3) is 0 Å². The number of amides is 2. The van der Waals surface area contributed by atoms with Crippen molar-refractivity contribution in [3.63, 3.8) is 0 Å². The minimum atomic E-state index is -3.68. The average molecular weight is 462 g/mol. The lowest BCUT2D eigenvalue weighted by Gasteiger charge is -2.26. The van der Waals surface area contributed by atoms with Gasteiger partial charge in [0.25, 0.3) is 0 Å². The fourth-order valence-corrected chi connectivity index (χ4v) is 5.89. The molecule has 1 heterocycles. The zero-order valence-corrected chi connectivity index (χ0v) is 19.6. The van der Waals surface area contributed by atoms with Gasteiger partial charge in [-0.1, -0.05) is 32.0 Å². The fraction of sp³-hybridized carbons (Fsp3) is 0.364. The molecule has 0 saturated heterocycles. The van der Waals surface area contributed by atoms with E-state index in [1.807, 2.05) is 30.3 Å². The molecule has 0 unspecified atom stereocenters. The van der Waals surface area contributed by atoms with Crippen LogP contribution < -0.4 is 9.80 Å². The Kier molecular flexibility index (Phi) is 7.40. The third-order valence-electron chi connectivity index (χ3n) is 5.25. The molecule has 0 bridgehead atoms. The van der Waals surface area contributed by atoms with E-state index in [-0.39, 0.29) is 29.7 Å². The summed E-state index contributed by atoms with van der Waals surface area (Å²) in [5.74, 6) is 0.126. The number of carbonyl (C=O) groups is 2. The van der Waals surface area contributed by atoms with Gasteiger partial charge in [-0.25, -0.2) is 8.42 Å². The zero-order chi connectivity index (χ0) is 22.6. The molecule has 31 heavy (non-hydrogen) atoms. The van der Waals surface area contributed by atoms with Crippen LogP contribution in [-0.4, -0.2) is 57.0 Å². The first kappa shape index (κ1) is 23.3. The van der Waals surface area contributed by atoms with Crippen molar-refractivity contribution in [3.8, 4) is 0 Å². The van der Waals surface area contributed by atoms with Crippen molar-refractivity contribution in [2.75, 3.05) is 42.2 Å². The van der Waals surface area contributed by atoms with E-state index in [4.69, 9.17) is 0 Å². The van der Waals surface area contributed by atoms with Crippen molar-refractivity contribution in [2.45, 2.75) is 30.1 Å². The van der Waals surface area contributed by atoms with Crippen LogP contribution in [0.15, 0.2) is 58.3 Å². The Balaban J connectivity index is 1.97. The van der Waals surface area contributed by atoms with E-state index in [0.717, 1.165) is 10.6 Å². The zero-order valence-electron chi connectivity index (χ0n) is 17.9. The summed E-state index contributed by atoms with van der Waals surface area (Å²) in [6.07, 6.45) is 0.278. The highest BCUT2D eigenvalue weighted by Gasteiger charge is 2.29. The Bertz CT molecular complexity index is 1050. The number of rotatable bonds is 7. The van der Waals surface area contributed by atoms with Gasteiger partial charge in [0, 0.05) is 42.9 Å². The second kappa shape index (κ2) is 9.84. The van der Waals surface area contributed by atoms with Gasteiger partial charge in [0.05, 0.1) is 10.6 Å². The quantitative estimate of drug-likeness (QED) is 0.633. The van der Waals surface area contributed by atoms with E-state index in [1.54, 1.807) is 33.0 Å². The summed E-state index contributed by atoms with van der Waals surface area (Å²) in [5, 5.41) is 0. The number of sulfonamides is 1. The summed E-state index contributed by atoms with van der Waals surface area (Å²) in [5.41, 5.74) is 1.19. The number of hydrogen-bond donors (Lipinski definition) is 0. The monoisotopic (exact) mass is 461 g/mol.